The highest BCUT2D eigenvalue weighted by atomic mass is 16.3. The summed E-state index contributed by atoms with van der Waals surface area (Å²) < 4.78 is 14.4. The molecule has 88 heavy (non-hydrogen) atoms. The molecule has 2 heterocycles. The van der Waals surface area contributed by atoms with E-state index >= 15 is 0 Å². The van der Waals surface area contributed by atoms with Crippen LogP contribution in [0.1, 0.15) is 174 Å². The van der Waals surface area contributed by atoms with Gasteiger partial charge in [-0.15, -0.1) is 0 Å². The van der Waals surface area contributed by atoms with Crippen molar-refractivity contribution in [2.24, 2.45) is 0 Å². The molecule has 0 amide bonds. The lowest BCUT2D eigenvalue weighted by atomic mass is 9.80. The molecule has 0 unspecified atom stereocenters. The van der Waals surface area contributed by atoms with Crippen LogP contribution in [0.25, 0.3) is 97.7 Å². The van der Waals surface area contributed by atoms with Gasteiger partial charge < -0.3 is 18.6 Å². The molecule has 4 nitrogen and oxygen atoms in total. The average molecular weight is 1150 g/mol. The fraction of sp³-hybridized carbons (Fsp3) is 0.286. The van der Waals surface area contributed by atoms with Crippen LogP contribution in [-0.2, 0) is 0 Å². The van der Waals surface area contributed by atoms with E-state index in [-0.39, 0.29) is 0 Å². The van der Waals surface area contributed by atoms with Gasteiger partial charge in [-0.1, -0.05) is 223 Å². The maximum Gasteiger partial charge on any atom is 0.159 e. The molecule has 12 aromatic carbocycles. The van der Waals surface area contributed by atoms with Crippen molar-refractivity contribution in [3.63, 3.8) is 0 Å². The van der Waals surface area contributed by atoms with E-state index in [1.165, 1.54) is 227 Å². The molecule has 0 bridgehead atoms. The summed E-state index contributed by atoms with van der Waals surface area (Å²) in [6.07, 6.45) is 25.4. The van der Waals surface area contributed by atoms with E-state index in [4.69, 9.17) is 8.83 Å². The quantitative estimate of drug-likeness (QED) is 0.128. The van der Waals surface area contributed by atoms with E-state index in [0.29, 0.717) is 23.7 Å². The van der Waals surface area contributed by atoms with Crippen LogP contribution in [0.3, 0.4) is 0 Å². The Morgan fingerprint density at radius 3 is 1.06 bits per heavy atom. The summed E-state index contributed by atoms with van der Waals surface area (Å²) in [7, 11) is 0. The summed E-state index contributed by atoms with van der Waals surface area (Å²) in [6.45, 7) is 0. The molecule has 434 valence electrons. The number of benzene rings is 12. The van der Waals surface area contributed by atoms with Gasteiger partial charge in [0.15, 0.2) is 11.2 Å². The molecule has 4 aliphatic carbocycles. The molecule has 0 N–H and O–H groups in total. The van der Waals surface area contributed by atoms with E-state index < -0.39 is 0 Å². The minimum Gasteiger partial charge on any atom is -0.454 e. The van der Waals surface area contributed by atoms with Crippen molar-refractivity contribution in [1.82, 2.24) is 0 Å². The van der Waals surface area contributed by atoms with E-state index in [1.54, 1.807) is 0 Å². The summed E-state index contributed by atoms with van der Waals surface area (Å²) >= 11 is 0. The largest absolute Gasteiger partial charge is 0.454 e. The highest BCUT2D eigenvalue weighted by molar-refractivity contribution is 6.29. The van der Waals surface area contributed by atoms with E-state index in [1.807, 2.05) is 0 Å². The zero-order valence-corrected chi connectivity index (χ0v) is 50.6. The third-order valence-electron chi connectivity index (χ3n) is 22.1. The number of nitrogens with zero attached hydrogens (tertiary/aromatic N) is 2. The van der Waals surface area contributed by atoms with Gasteiger partial charge in [-0.05, 0) is 178 Å². The van der Waals surface area contributed by atoms with Gasteiger partial charge in [0.2, 0.25) is 0 Å². The lowest BCUT2D eigenvalue weighted by Crippen LogP contribution is -2.17. The fourth-order valence-electron chi connectivity index (χ4n) is 17.8. The zero-order valence-electron chi connectivity index (χ0n) is 50.6. The van der Waals surface area contributed by atoms with Gasteiger partial charge >= 0.3 is 0 Å². The first-order chi connectivity index (χ1) is 43.7. The number of para-hydroxylation sites is 4. The molecule has 18 rings (SSSR count). The summed E-state index contributed by atoms with van der Waals surface area (Å²) in [5, 5.41) is 17.5. The van der Waals surface area contributed by atoms with Crippen molar-refractivity contribution < 1.29 is 8.83 Å². The van der Waals surface area contributed by atoms with Gasteiger partial charge in [-0.3, -0.25) is 0 Å². The number of hydrogen-bond acceptors (Lipinski definition) is 4. The first kappa shape index (κ1) is 52.5. The molecular weight excluding hydrogens is 1070 g/mol. The molecule has 2 aromatic heterocycles. The molecular formula is C84H76N2O2. The lowest BCUT2D eigenvalue weighted by Gasteiger charge is -2.35. The van der Waals surface area contributed by atoms with Crippen molar-refractivity contribution >= 4 is 132 Å². The summed E-state index contributed by atoms with van der Waals surface area (Å²) in [6, 6.07) is 75.6. The van der Waals surface area contributed by atoms with E-state index in [2.05, 4.69) is 204 Å². The highest BCUT2D eigenvalue weighted by Crippen LogP contribution is 2.56. The monoisotopic (exact) mass is 1140 g/mol. The van der Waals surface area contributed by atoms with Crippen molar-refractivity contribution in [2.75, 3.05) is 9.80 Å². The van der Waals surface area contributed by atoms with Gasteiger partial charge in [-0.2, -0.15) is 0 Å². The first-order valence-electron chi connectivity index (χ1n) is 33.9. The molecule has 4 saturated carbocycles. The summed E-state index contributed by atoms with van der Waals surface area (Å²) in [5.41, 5.74) is 16.8. The lowest BCUT2D eigenvalue weighted by molar-refractivity contribution is 0.443. The van der Waals surface area contributed by atoms with Gasteiger partial charge in [0, 0.05) is 43.1 Å². The molecule has 4 heteroatoms. The van der Waals surface area contributed by atoms with Crippen molar-refractivity contribution in [3.05, 3.63) is 216 Å². The Morgan fingerprint density at radius 1 is 0.261 bits per heavy atom. The molecule has 0 saturated heterocycles. The minimum atomic E-state index is 0.444. The van der Waals surface area contributed by atoms with Crippen LogP contribution in [0, 0.1) is 0 Å². The van der Waals surface area contributed by atoms with E-state index in [0.717, 1.165) is 55.3 Å². The fourth-order valence-corrected chi connectivity index (χ4v) is 17.8. The van der Waals surface area contributed by atoms with Crippen LogP contribution in [-0.4, -0.2) is 0 Å². The van der Waals surface area contributed by atoms with E-state index in [9.17, 15) is 0 Å². The van der Waals surface area contributed by atoms with Gasteiger partial charge in [0.1, 0.15) is 11.2 Å². The number of fused-ring (bicyclic) bond motifs is 8. The topological polar surface area (TPSA) is 32.8 Å². The molecule has 0 atom stereocenters. The SMILES string of the molecule is c1ccc2c(c1)oc1c(N(c3c(C4CCCCC4)ccc4ccc(C5CCCCC5)cc34)c3ccc4ccc5c(N(c6c(C7CCCCC7)ccc7ccc(C8CCCCC8)cc67)c6cccc7c6oc6ccccc67)ccc6ccc3c4c65)cccc12. The zero-order chi connectivity index (χ0) is 57.8. The predicted octanol–water partition coefficient (Wildman–Crippen LogP) is 25.8. The molecule has 0 radical (unpaired) electrons. The molecule has 4 fully saturated rings. The second-order valence-electron chi connectivity index (χ2n) is 27.1. The van der Waals surface area contributed by atoms with Gasteiger partial charge in [0.05, 0.1) is 34.1 Å². The second-order valence-corrected chi connectivity index (χ2v) is 27.1. The Hall–Kier alpha value is -8.60. The smallest absolute Gasteiger partial charge is 0.159 e. The molecule has 14 aromatic rings. The normalized spacial score (nSPS) is 17.1. The molecule has 0 spiro atoms. The third kappa shape index (κ3) is 8.59. The summed E-state index contributed by atoms with van der Waals surface area (Å²) in [4.78, 5) is 5.39. The van der Waals surface area contributed by atoms with Gasteiger partial charge in [-0.25, -0.2) is 0 Å². The standard InChI is InChI=1S/C84H76N2O2/c1-5-19-53(20-6-1)61-37-35-57-39-45-63(55-23-9-3-10-24-55)81(71(57)51-61)85(75-31-17-29-67-65-27-13-15-33-77(65)87-83(67)75)73-49-43-59-42-48-70-74(50-44-60-41-47-69(73)79(59)80(60)70)86(76-32-18-30-68-66-28-14-16-34-78(66)88-84(68)76)82-64(56-25-11-4-12-26-56)46-40-58-36-38-62(52-72(58)82)54-21-7-2-8-22-54/h13-18,27-56H,1-12,19-26H2. The highest BCUT2D eigenvalue weighted by Gasteiger charge is 2.33. The Balaban J connectivity index is 0.932. The third-order valence-corrected chi connectivity index (χ3v) is 22.1. The average Bonchev–Trinajstić information content (AvgIpc) is 1.24. The maximum absolute atomic E-state index is 7.20. The maximum atomic E-state index is 7.20. The molecule has 0 aliphatic heterocycles. The number of rotatable bonds is 10. The predicted molar refractivity (Wildman–Crippen MR) is 372 cm³/mol. The second kappa shape index (κ2) is 21.6. The van der Waals surface area contributed by atoms with Crippen LogP contribution in [0.4, 0.5) is 34.1 Å². The summed E-state index contributed by atoms with van der Waals surface area (Å²) in [5.74, 6) is 2.04. The van der Waals surface area contributed by atoms with Crippen LogP contribution < -0.4 is 9.80 Å². The van der Waals surface area contributed by atoms with Crippen molar-refractivity contribution in [2.45, 2.75) is 152 Å². The van der Waals surface area contributed by atoms with Crippen LogP contribution >= 0.6 is 0 Å². The Labute approximate surface area is 516 Å². The Kier molecular flexibility index (Phi) is 12.9. The van der Waals surface area contributed by atoms with Gasteiger partial charge in [0.25, 0.3) is 0 Å². The number of furan rings is 2. The minimum absolute atomic E-state index is 0.444. The van der Waals surface area contributed by atoms with Crippen LogP contribution in [0.5, 0.6) is 0 Å². The Morgan fingerprint density at radius 2 is 0.625 bits per heavy atom. The Bertz CT molecular complexity index is 4670. The first-order valence-corrected chi connectivity index (χ1v) is 33.9. The van der Waals surface area contributed by atoms with Crippen molar-refractivity contribution in [1.29, 1.82) is 0 Å². The number of anilines is 6. The molecule has 4 aliphatic rings. The number of hydrogen-bond donors (Lipinski definition) is 0. The van der Waals surface area contributed by atoms with Crippen LogP contribution in [0.15, 0.2) is 203 Å². The van der Waals surface area contributed by atoms with Crippen molar-refractivity contribution in [3.8, 4) is 0 Å². The van der Waals surface area contributed by atoms with Crippen LogP contribution in [0.2, 0.25) is 0 Å².